The van der Waals surface area contributed by atoms with E-state index in [1.165, 1.54) is 16.9 Å². The number of halogens is 1. The maximum absolute atomic E-state index is 13.1. The van der Waals surface area contributed by atoms with E-state index in [0.717, 1.165) is 46.7 Å². The Morgan fingerprint density at radius 2 is 2.03 bits per heavy atom. The maximum Gasteiger partial charge on any atom is 0.325 e. The summed E-state index contributed by atoms with van der Waals surface area (Å²) in [6.07, 6.45) is 6.80. The van der Waals surface area contributed by atoms with Gasteiger partial charge in [-0.05, 0) is 62.7 Å². The quantitative estimate of drug-likeness (QED) is 0.325. The number of methoxy groups -OCH3 is 1. The van der Waals surface area contributed by atoms with Crippen LogP contribution in [0.3, 0.4) is 0 Å². The fourth-order valence-electron chi connectivity index (χ4n) is 4.54. The highest BCUT2D eigenvalue weighted by atomic mass is 79.9. The van der Waals surface area contributed by atoms with Gasteiger partial charge in [-0.15, -0.1) is 0 Å². The third-order valence-corrected chi connectivity index (χ3v) is 7.43. The molecule has 4 rings (SSSR count). The van der Waals surface area contributed by atoms with Crippen molar-refractivity contribution < 1.29 is 19.1 Å². The smallest absolute Gasteiger partial charge is 0.325 e. The molecule has 0 spiro atoms. The van der Waals surface area contributed by atoms with Gasteiger partial charge in [0.25, 0.3) is 5.91 Å². The molecule has 3 heterocycles. The highest BCUT2D eigenvalue weighted by molar-refractivity contribution is 9.10. The number of aromatic nitrogens is 1. The zero-order valence-electron chi connectivity index (χ0n) is 19.4. The number of thiocarbonyl (C=S) groups is 1. The van der Waals surface area contributed by atoms with Crippen molar-refractivity contribution in [3.8, 4) is 0 Å². The molecule has 180 valence electrons. The minimum absolute atomic E-state index is 0.0800. The predicted octanol–water partition coefficient (Wildman–Crippen LogP) is 3.38. The van der Waals surface area contributed by atoms with Crippen LogP contribution in [-0.4, -0.2) is 75.5 Å². The molecule has 2 aromatic rings. The van der Waals surface area contributed by atoms with Gasteiger partial charge in [-0.25, -0.2) is 0 Å². The number of carbonyl (C=O) groups is 3. The normalized spacial score (nSPS) is 20.1. The van der Waals surface area contributed by atoms with E-state index in [9.17, 15) is 14.4 Å². The molecule has 2 amide bonds. The summed E-state index contributed by atoms with van der Waals surface area (Å²) < 4.78 is 7.58. The summed E-state index contributed by atoms with van der Waals surface area (Å²) in [6, 6.07) is 6.07. The number of amides is 2. The van der Waals surface area contributed by atoms with Crippen LogP contribution in [0.2, 0.25) is 0 Å². The van der Waals surface area contributed by atoms with E-state index in [0.29, 0.717) is 0 Å². The number of likely N-dealkylation sites (tertiary alicyclic amines) is 1. The fourth-order valence-corrected chi connectivity index (χ4v) is 5.15. The van der Waals surface area contributed by atoms with Crippen molar-refractivity contribution in [1.82, 2.24) is 19.3 Å². The Morgan fingerprint density at radius 1 is 1.26 bits per heavy atom. The van der Waals surface area contributed by atoms with Crippen LogP contribution in [0.15, 0.2) is 34.6 Å². The van der Waals surface area contributed by atoms with Crippen LogP contribution in [0.4, 0.5) is 0 Å². The Bertz CT molecular complexity index is 1210. The van der Waals surface area contributed by atoms with E-state index >= 15 is 0 Å². The number of rotatable bonds is 5. The first kappa shape index (κ1) is 24.4. The Labute approximate surface area is 212 Å². The molecule has 0 bridgehead atoms. The van der Waals surface area contributed by atoms with Gasteiger partial charge >= 0.3 is 5.97 Å². The molecule has 0 saturated carbocycles. The number of piperidine rings is 1. The van der Waals surface area contributed by atoms with Crippen molar-refractivity contribution in [2.75, 3.05) is 27.2 Å². The molecule has 34 heavy (non-hydrogen) atoms. The van der Waals surface area contributed by atoms with Crippen LogP contribution in [0.25, 0.3) is 17.0 Å². The summed E-state index contributed by atoms with van der Waals surface area (Å²) in [5, 5.41) is 1.12. The average Bonchev–Trinajstić information content (AvgIpc) is 3.24. The summed E-state index contributed by atoms with van der Waals surface area (Å²) >= 11 is 8.90. The summed E-state index contributed by atoms with van der Waals surface area (Å²) in [5.41, 5.74) is 1.92. The number of carbonyl (C=O) groups excluding carboxylic acids is 3. The van der Waals surface area contributed by atoms with Crippen LogP contribution in [0.1, 0.15) is 31.7 Å². The van der Waals surface area contributed by atoms with E-state index in [2.05, 4.69) is 22.9 Å². The largest absolute Gasteiger partial charge is 0.468 e. The van der Waals surface area contributed by atoms with Crippen molar-refractivity contribution in [1.29, 1.82) is 0 Å². The number of esters is 1. The zero-order valence-corrected chi connectivity index (χ0v) is 21.8. The van der Waals surface area contributed by atoms with Crippen LogP contribution in [0, 0.1) is 0 Å². The number of ether oxygens (including phenoxy) is 1. The minimum atomic E-state index is -0.497. The Kier molecular flexibility index (Phi) is 7.09. The Morgan fingerprint density at radius 3 is 2.74 bits per heavy atom. The molecule has 1 aromatic heterocycles. The molecule has 0 radical (unpaired) electrons. The lowest BCUT2D eigenvalue weighted by Crippen LogP contribution is -2.43. The molecule has 8 nitrogen and oxygen atoms in total. The molecule has 10 heteroatoms. The SMILES string of the molecule is COC(=O)CN1C(=S)N(C)C(=O)/C1=C/c1cn(CC(=O)N2CCCC[C@H]2C)c2ccc(Br)cc12. The first-order valence-corrected chi connectivity index (χ1v) is 12.4. The van der Waals surface area contributed by atoms with Gasteiger partial charge in [0.1, 0.15) is 18.8 Å². The number of hydrogen-bond donors (Lipinski definition) is 0. The topological polar surface area (TPSA) is 75.1 Å². The molecular weight excluding hydrogens is 520 g/mol. The lowest BCUT2D eigenvalue weighted by molar-refractivity contribution is -0.140. The molecule has 2 aliphatic rings. The molecular formula is C24H27BrN4O4S. The monoisotopic (exact) mass is 546 g/mol. The van der Waals surface area contributed by atoms with Gasteiger partial charge in [-0.1, -0.05) is 15.9 Å². The third-order valence-electron chi connectivity index (χ3n) is 6.44. The van der Waals surface area contributed by atoms with E-state index in [1.54, 1.807) is 13.1 Å². The molecule has 0 aliphatic carbocycles. The second-order valence-electron chi connectivity index (χ2n) is 8.64. The van der Waals surface area contributed by atoms with Gasteiger partial charge in [0.15, 0.2) is 5.11 Å². The van der Waals surface area contributed by atoms with Gasteiger partial charge in [-0.2, -0.15) is 0 Å². The number of fused-ring (bicyclic) bond motifs is 1. The second-order valence-corrected chi connectivity index (χ2v) is 9.93. The van der Waals surface area contributed by atoms with Crippen LogP contribution < -0.4 is 0 Å². The number of nitrogens with zero attached hydrogens (tertiary/aromatic N) is 4. The molecule has 1 aromatic carbocycles. The van der Waals surface area contributed by atoms with Crippen LogP contribution in [-0.2, 0) is 25.7 Å². The van der Waals surface area contributed by atoms with Crippen molar-refractivity contribution in [2.45, 2.75) is 38.8 Å². The molecule has 1 atom stereocenters. The van der Waals surface area contributed by atoms with Crippen molar-refractivity contribution >= 4 is 68.0 Å². The van der Waals surface area contributed by atoms with E-state index < -0.39 is 5.97 Å². The lowest BCUT2D eigenvalue weighted by atomic mass is 10.0. The van der Waals surface area contributed by atoms with Gasteiger partial charge in [0, 0.05) is 46.8 Å². The highest BCUT2D eigenvalue weighted by Gasteiger charge is 2.37. The molecule has 0 unspecified atom stereocenters. The minimum Gasteiger partial charge on any atom is -0.468 e. The molecule has 2 fully saturated rings. The van der Waals surface area contributed by atoms with E-state index in [4.69, 9.17) is 17.0 Å². The second kappa shape index (κ2) is 9.87. The zero-order chi connectivity index (χ0) is 24.6. The van der Waals surface area contributed by atoms with Crippen molar-refractivity contribution in [3.05, 3.63) is 40.1 Å². The van der Waals surface area contributed by atoms with Gasteiger partial charge < -0.3 is 19.1 Å². The van der Waals surface area contributed by atoms with Crippen LogP contribution in [0.5, 0.6) is 0 Å². The van der Waals surface area contributed by atoms with E-state index in [1.807, 2.05) is 33.9 Å². The average molecular weight is 547 g/mol. The van der Waals surface area contributed by atoms with E-state index in [-0.39, 0.29) is 41.8 Å². The lowest BCUT2D eigenvalue weighted by Gasteiger charge is -2.33. The first-order chi connectivity index (χ1) is 16.2. The Balaban J connectivity index is 1.74. The molecule has 2 aliphatic heterocycles. The number of hydrogen-bond acceptors (Lipinski definition) is 5. The first-order valence-electron chi connectivity index (χ1n) is 11.2. The standard InChI is InChI=1S/C24H27BrN4O4S/c1-15-6-4-5-9-28(15)21(30)13-27-12-16(18-11-17(25)7-8-19(18)27)10-20-23(32)26(2)24(34)29(20)14-22(31)33-3/h7-8,10-12,15H,4-6,9,13-14H2,1-3H3/b20-10-/t15-/m1/s1. The number of benzene rings is 1. The third kappa shape index (κ3) is 4.61. The predicted molar refractivity (Wildman–Crippen MR) is 137 cm³/mol. The Hall–Kier alpha value is -2.72. The van der Waals surface area contributed by atoms with Gasteiger partial charge in [0.05, 0.1) is 7.11 Å². The summed E-state index contributed by atoms with van der Waals surface area (Å²) in [4.78, 5) is 42.8. The highest BCUT2D eigenvalue weighted by Crippen LogP contribution is 2.30. The van der Waals surface area contributed by atoms with Crippen molar-refractivity contribution in [2.24, 2.45) is 0 Å². The molecule has 0 N–H and O–H groups in total. The molecule has 2 saturated heterocycles. The number of likely N-dealkylation sites (N-methyl/N-ethyl adjacent to an activating group) is 1. The summed E-state index contributed by atoms with van der Waals surface area (Å²) in [6.45, 7) is 2.93. The van der Waals surface area contributed by atoms with Gasteiger partial charge in [0.2, 0.25) is 5.91 Å². The van der Waals surface area contributed by atoms with Gasteiger partial charge in [-0.3, -0.25) is 19.3 Å². The fraction of sp³-hybridized carbons (Fsp3) is 0.417. The summed E-state index contributed by atoms with van der Waals surface area (Å²) in [7, 11) is 2.87. The maximum atomic E-state index is 13.1. The van der Waals surface area contributed by atoms with Crippen LogP contribution >= 0.6 is 28.1 Å². The summed E-state index contributed by atoms with van der Waals surface area (Å²) in [5.74, 6) is -0.720. The van der Waals surface area contributed by atoms with Crippen molar-refractivity contribution in [3.63, 3.8) is 0 Å².